The molecule has 0 radical (unpaired) electrons. The standard InChI is InChI=1S/C44H54N6O8/c1-29(2)28-44(3,4)31-22-30(41(51)45-5)23-32(24-31)48-43(52)49-38-12-13-39(37-11-9-8-10-36(37)38)58-40-14-15-46-42(50-40)47-33-25-34(54-7)27-35(26-33)57-21-20-56-19-18-55-17-16-53-6/h8-15,22-27,29H,16-21,28H2,1-7H3,(H,45,51)(H,46,47,50)(H2,48,49,52). The Morgan fingerprint density at radius 3 is 2.22 bits per heavy atom. The average molecular weight is 795 g/mol. The van der Waals surface area contributed by atoms with Gasteiger partial charge in [0.15, 0.2) is 0 Å². The van der Waals surface area contributed by atoms with Crippen LogP contribution in [-0.2, 0) is 19.6 Å². The first-order chi connectivity index (χ1) is 28.0. The van der Waals surface area contributed by atoms with Gasteiger partial charge in [-0.1, -0.05) is 52.0 Å². The predicted octanol–water partition coefficient (Wildman–Crippen LogP) is 8.56. The highest BCUT2D eigenvalue weighted by molar-refractivity contribution is 6.08. The van der Waals surface area contributed by atoms with Gasteiger partial charge in [-0.05, 0) is 53.6 Å². The van der Waals surface area contributed by atoms with E-state index in [-0.39, 0.29) is 11.3 Å². The average Bonchev–Trinajstić information content (AvgIpc) is 3.20. The Morgan fingerprint density at radius 2 is 1.50 bits per heavy atom. The van der Waals surface area contributed by atoms with Gasteiger partial charge in [0.25, 0.3) is 5.91 Å². The molecule has 0 aliphatic rings. The van der Waals surface area contributed by atoms with Crippen LogP contribution in [0.25, 0.3) is 10.8 Å². The lowest BCUT2D eigenvalue weighted by atomic mass is 9.77. The molecule has 0 bridgehead atoms. The highest BCUT2D eigenvalue weighted by atomic mass is 16.6. The van der Waals surface area contributed by atoms with Crippen molar-refractivity contribution in [3.05, 3.63) is 96.2 Å². The van der Waals surface area contributed by atoms with E-state index in [9.17, 15) is 9.59 Å². The molecular formula is C44H54N6O8. The van der Waals surface area contributed by atoms with Crippen LogP contribution in [0.3, 0.4) is 0 Å². The SMILES string of the molecule is CNC(=O)c1cc(NC(=O)Nc2ccc(Oc3ccnc(Nc4cc(OC)cc(OCCOCCOCCOC)c4)n3)c3ccccc23)cc(C(C)(C)CC(C)C)c1. The number of hydrogen-bond acceptors (Lipinski definition) is 11. The van der Waals surface area contributed by atoms with Gasteiger partial charge in [0, 0.05) is 72.3 Å². The van der Waals surface area contributed by atoms with Crippen LogP contribution < -0.4 is 35.5 Å². The second-order valence-electron chi connectivity index (χ2n) is 14.5. The molecular weight excluding hydrogens is 741 g/mol. The first-order valence-corrected chi connectivity index (χ1v) is 19.2. The summed E-state index contributed by atoms with van der Waals surface area (Å²) in [7, 11) is 4.80. The zero-order valence-corrected chi connectivity index (χ0v) is 34.3. The second-order valence-corrected chi connectivity index (χ2v) is 14.5. The fourth-order valence-electron chi connectivity index (χ4n) is 6.49. The van der Waals surface area contributed by atoms with Gasteiger partial charge in [0.05, 0.1) is 45.8 Å². The molecule has 1 aromatic heterocycles. The predicted molar refractivity (Wildman–Crippen MR) is 226 cm³/mol. The van der Waals surface area contributed by atoms with E-state index >= 15 is 0 Å². The molecule has 4 aromatic carbocycles. The van der Waals surface area contributed by atoms with E-state index in [0.29, 0.717) is 97.3 Å². The third-order valence-electron chi connectivity index (χ3n) is 9.03. The summed E-state index contributed by atoms with van der Waals surface area (Å²) in [5.41, 5.74) is 2.95. The topological polar surface area (TPSA) is 163 Å². The van der Waals surface area contributed by atoms with Gasteiger partial charge >= 0.3 is 6.03 Å². The third-order valence-corrected chi connectivity index (χ3v) is 9.03. The molecule has 3 amide bonds. The van der Waals surface area contributed by atoms with Crippen LogP contribution in [-0.4, -0.2) is 82.8 Å². The van der Waals surface area contributed by atoms with Crippen LogP contribution in [0.1, 0.15) is 50.0 Å². The molecule has 4 N–H and O–H groups in total. The minimum Gasteiger partial charge on any atom is -0.497 e. The molecule has 14 heteroatoms. The summed E-state index contributed by atoms with van der Waals surface area (Å²) in [6, 6.07) is 23.2. The Bertz CT molecular complexity index is 2140. The van der Waals surface area contributed by atoms with Gasteiger partial charge in [-0.3, -0.25) is 4.79 Å². The fraction of sp³-hybridized carbons (Fsp3) is 0.364. The van der Waals surface area contributed by atoms with E-state index in [1.807, 2.05) is 42.5 Å². The Kier molecular flexibility index (Phi) is 15.6. The number of nitrogens with one attached hydrogen (secondary N) is 4. The zero-order chi connectivity index (χ0) is 41.5. The minimum atomic E-state index is -0.453. The summed E-state index contributed by atoms with van der Waals surface area (Å²) in [4.78, 5) is 35.1. The second kappa shape index (κ2) is 21.0. The Hall–Kier alpha value is -5.96. The van der Waals surface area contributed by atoms with E-state index in [2.05, 4.69) is 58.9 Å². The summed E-state index contributed by atoms with van der Waals surface area (Å²) < 4.78 is 33.6. The van der Waals surface area contributed by atoms with Crippen molar-refractivity contribution < 1.29 is 38.0 Å². The molecule has 14 nitrogen and oxygen atoms in total. The van der Waals surface area contributed by atoms with E-state index in [1.54, 1.807) is 63.9 Å². The van der Waals surface area contributed by atoms with Crippen LogP contribution in [0.5, 0.6) is 23.1 Å². The van der Waals surface area contributed by atoms with Gasteiger partial charge in [-0.2, -0.15) is 4.98 Å². The number of ether oxygens (including phenoxy) is 6. The first-order valence-electron chi connectivity index (χ1n) is 19.2. The number of nitrogens with zero attached hydrogens (tertiary/aromatic N) is 2. The maximum Gasteiger partial charge on any atom is 0.323 e. The molecule has 0 aliphatic carbocycles. The smallest absolute Gasteiger partial charge is 0.323 e. The number of anilines is 4. The van der Waals surface area contributed by atoms with E-state index < -0.39 is 6.03 Å². The van der Waals surface area contributed by atoms with Crippen molar-refractivity contribution >= 4 is 45.7 Å². The number of fused-ring (bicyclic) bond motifs is 1. The fourth-order valence-corrected chi connectivity index (χ4v) is 6.49. The van der Waals surface area contributed by atoms with Crippen LogP contribution in [0.4, 0.5) is 27.8 Å². The number of hydrogen-bond donors (Lipinski definition) is 4. The number of aromatic nitrogens is 2. The zero-order valence-electron chi connectivity index (χ0n) is 34.3. The van der Waals surface area contributed by atoms with E-state index in [1.165, 1.54) is 0 Å². The van der Waals surface area contributed by atoms with Crippen molar-refractivity contribution in [2.45, 2.75) is 39.5 Å². The Labute approximate surface area is 339 Å². The molecule has 0 saturated carbocycles. The number of carbonyl (C=O) groups excluding carboxylic acids is 2. The first kappa shape index (κ1) is 43.2. The molecule has 0 atom stereocenters. The van der Waals surface area contributed by atoms with E-state index in [0.717, 1.165) is 22.8 Å². The van der Waals surface area contributed by atoms with Gasteiger partial charge in [0.1, 0.15) is 23.9 Å². The van der Waals surface area contributed by atoms with Crippen molar-refractivity contribution in [1.82, 2.24) is 15.3 Å². The van der Waals surface area contributed by atoms with Crippen molar-refractivity contribution in [1.29, 1.82) is 0 Å². The number of urea groups is 1. The van der Waals surface area contributed by atoms with Crippen molar-refractivity contribution in [2.75, 3.05) is 76.9 Å². The molecule has 0 fully saturated rings. The van der Waals surface area contributed by atoms with Crippen molar-refractivity contribution in [3.63, 3.8) is 0 Å². The largest absolute Gasteiger partial charge is 0.497 e. The lowest BCUT2D eigenvalue weighted by Gasteiger charge is -2.28. The monoisotopic (exact) mass is 794 g/mol. The molecule has 5 aromatic rings. The Balaban J connectivity index is 1.26. The molecule has 1 heterocycles. The molecule has 5 rings (SSSR count). The summed E-state index contributed by atoms with van der Waals surface area (Å²) in [6.45, 7) is 11.4. The van der Waals surface area contributed by atoms with Gasteiger partial charge < -0.3 is 49.7 Å². The molecule has 0 saturated heterocycles. The van der Waals surface area contributed by atoms with Gasteiger partial charge in [-0.25, -0.2) is 9.78 Å². The lowest BCUT2D eigenvalue weighted by Crippen LogP contribution is -2.24. The summed E-state index contributed by atoms with van der Waals surface area (Å²) in [6.07, 6.45) is 2.50. The highest BCUT2D eigenvalue weighted by Crippen LogP contribution is 2.36. The molecule has 308 valence electrons. The maximum absolute atomic E-state index is 13.5. The normalized spacial score (nSPS) is 11.3. The minimum absolute atomic E-state index is 0.220. The maximum atomic E-state index is 13.5. The van der Waals surface area contributed by atoms with Crippen LogP contribution in [0, 0.1) is 5.92 Å². The van der Waals surface area contributed by atoms with Crippen LogP contribution >= 0.6 is 0 Å². The highest BCUT2D eigenvalue weighted by Gasteiger charge is 2.24. The molecule has 0 spiro atoms. The number of carbonyl (C=O) groups is 2. The van der Waals surface area contributed by atoms with Crippen molar-refractivity contribution in [3.8, 4) is 23.1 Å². The van der Waals surface area contributed by atoms with Crippen LogP contribution in [0.15, 0.2) is 85.1 Å². The molecule has 0 unspecified atom stereocenters. The van der Waals surface area contributed by atoms with Gasteiger partial charge in [-0.15, -0.1) is 0 Å². The summed E-state index contributed by atoms with van der Waals surface area (Å²) in [5, 5.41) is 13.3. The van der Waals surface area contributed by atoms with Crippen LogP contribution in [0.2, 0.25) is 0 Å². The number of methoxy groups -OCH3 is 2. The quantitative estimate of drug-likeness (QED) is 0.0527. The Morgan fingerprint density at radius 1 is 0.776 bits per heavy atom. The third kappa shape index (κ3) is 12.5. The number of rotatable bonds is 21. The lowest BCUT2D eigenvalue weighted by molar-refractivity contribution is 0.0179. The van der Waals surface area contributed by atoms with Crippen molar-refractivity contribution in [2.24, 2.45) is 5.92 Å². The molecule has 58 heavy (non-hydrogen) atoms. The summed E-state index contributed by atoms with van der Waals surface area (Å²) >= 11 is 0. The molecule has 0 aliphatic heterocycles. The number of benzene rings is 4. The van der Waals surface area contributed by atoms with E-state index in [4.69, 9.17) is 28.4 Å². The van der Waals surface area contributed by atoms with Gasteiger partial charge in [0.2, 0.25) is 11.8 Å². The summed E-state index contributed by atoms with van der Waals surface area (Å²) in [5.74, 6) is 2.51. The number of amides is 3.